The lowest BCUT2D eigenvalue weighted by Crippen LogP contribution is -2.26. The number of imidazole rings is 1. The van der Waals surface area contributed by atoms with Gasteiger partial charge in [0.05, 0.1) is 25.4 Å². The van der Waals surface area contributed by atoms with Gasteiger partial charge in [0, 0.05) is 31.5 Å². The Kier molecular flexibility index (Phi) is 5.24. The van der Waals surface area contributed by atoms with Gasteiger partial charge in [-0.05, 0) is 38.1 Å². The van der Waals surface area contributed by atoms with Crippen LogP contribution >= 0.6 is 0 Å². The van der Waals surface area contributed by atoms with Gasteiger partial charge in [-0.1, -0.05) is 0 Å². The molecule has 1 unspecified atom stereocenters. The topological polar surface area (TPSA) is 87.5 Å². The molecule has 3 aromatic rings. The smallest absolute Gasteiger partial charge is 0.241 e. The maximum Gasteiger partial charge on any atom is 0.241 e. The lowest BCUT2D eigenvalue weighted by atomic mass is 10.0. The molecule has 4 rings (SSSR count). The van der Waals surface area contributed by atoms with E-state index in [1.807, 2.05) is 49.7 Å². The fraction of sp³-hybridized carbons (Fsp3) is 0.409. The molecule has 1 aromatic carbocycles. The van der Waals surface area contributed by atoms with Crippen molar-refractivity contribution < 1.29 is 19.0 Å². The van der Waals surface area contributed by atoms with E-state index < -0.39 is 0 Å². The van der Waals surface area contributed by atoms with E-state index in [4.69, 9.17) is 19.2 Å². The lowest BCUT2D eigenvalue weighted by Gasteiger charge is -2.20. The number of fused-ring (bicyclic) bond motifs is 1. The third-order valence-corrected chi connectivity index (χ3v) is 5.69. The zero-order valence-corrected chi connectivity index (χ0v) is 17.9. The third kappa shape index (κ3) is 3.53. The van der Waals surface area contributed by atoms with Gasteiger partial charge in [-0.3, -0.25) is 4.79 Å². The molecule has 1 fully saturated rings. The minimum atomic E-state index is -0.171. The summed E-state index contributed by atoms with van der Waals surface area (Å²) in [5.74, 6) is 2.82. The van der Waals surface area contributed by atoms with Crippen molar-refractivity contribution in [2.24, 2.45) is 13.0 Å². The molecule has 8 nitrogen and oxygen atoms in total. The van der Waals surface area contributed by atoms with E-state index >= 15 is 0 Å². The monoisotopic (exact) mass is 410 g/mol. The maximum absolute atomic E-state index is 11.6. The summed E-state index contributed by atoms with van der Waals surface area (Å²) in [7, 11) is 5.16. The summed E-state index contributed by atoms with van der Waals surface area (Å²) < 4.78 is 19.0. The molecule has 2 atom stereocenters. The molecular formula is C22H26N4O4. The van der Waals surface area contributed by atoms with Crippen LogP contribution in [0, 0.1) is 12.8 Å². The van der Waals surface area contributed by atoms with E-state index in [0.29, 0.717) is 30.3 Å². The van der Waals surface area contributed by atoms with Crippen LogP contribution in [0.5, 0.6) is 17.4 Å². The highest BCUT2D eigenvalue weighted by molar-refractivity contribution is 5.85. The molecule has 1 amide bonds. The molecular weight excluding hydrogens is 384 g/mol. The van der Waals surface area contributed by atoms with Crippen molar-refractivity contribution >= 4 is 16.9 Å². The van der Waals surface area contributed by atoms with Crippen LogP contribution in [0.25, 0.3) is 22.3 Å². The number of carbonyl (C=O) groups excluding carboxylic acids is 1. The van der Waals surface area contributed by atoms with Crippen LogP contribution in [-0.4, -0.2) is 47.3 Å². The standard InChI is InChI=1S/C22H26N4O4/c1-12(15-9-20(27)23-11-15)30-22-21-17(24-13(2)26(21)3)10-16(25-22)14-6-7-18(28-4)19(8-14)29-5/h6-8,10,12,15H,9,11H2,1-5H3,(H,23,27)/t12-,15?/m1/s1. The Morgan fingerprint density at radius 2 is 1.93 bits per heavy atom. The Bertz CT molecular complexity index is 1110. The summed E-state index contributed by atoms with van der Waals surface area (Å²) in [5, 5.41) is 2.87. The zero-order chi connectivity index (χ0) is 21.4. The van der Waals surface area contributed by atoms with Gasteiger partial charge >= 0.3 is 0 Å². The van der Waals surface area contributed by atoms with Crippen LogP contribution in [-0.2, 0) is 11.8 Å². The van der Waals surface area contributed by atoms with Crippen LogP contribution in [0.2, 0.25) is 0 Å². The number of ether oxygens (including phenoxy) is 3. The summed E-state index contributed by atoms with van der Waals surface area (Å²) >= 11 is 0. The number of aromatic nitrogens is 3. The highest BCUT2D eigenvalue weighted by atomic mass is 16.5. The Morgan fingerprint density at radius 1 is 1.17 bits per heavy atom. The van der Waals surface area contributed by atoms with E-state index in [-0.39, 0.29) is 17.9 Å². The minimum absolute atomic E-state index is 0.0593. The molecule has 8 heteroatoms. The summed E-state index contributed by atoms with van der Waals surface area (Å²) in [6, 6.07) is 7.61. The van der Waals surface area contributed by atoms with Gasteiger partial charge in [-0.2, -0.15) is 0 Å². The van der Waals surface area contributed by atoms with Crippen LogP contribution in [0.4, 0.5) is 0 Å². The Balaban J connectivity index is 1.78. The van der Waals surface area contributed by atoms with Crippen molar-refractivity contribution in [1.82, 2.24) is 19.9 Å². The van der Waals surface area contributed by atoms with Gasteiger partial charge < -0.3 is 24.1 Å². The number of nitrogens with zero attached hydrogens (tertiary/aromatic N) is 3. The van der Waals surface area contributed by atoms with Crippen LogP contribution in [0.3, 0.4) is 0 Å². The molecule has 0 spiro atoms. The first-order valence-electron chi connectivity index (χ1n) is 9.91. The van der Waals surface area contributed by atoms with Gasteiger partial charge in [-0.15, -0.1) is 0 Å². The Morgan fingerprint density at radius 3 is 2.60 bits per heavy atom. The molecule has 1 aliphatic rings. The predicted molar refractivity (Wildman–Crippen MR) is 113 cm³/mol. The SMILES string of the molecule is COc1ccc(-c2cc3nc(C)n(C)c3c(O[C@H](C)C3CNC(=O)C3)n2)cc1OC. The number of hydrogen-bond acceptors (Lipinski definition) is 6. The van der Waals surface area contributed by atoms with Gasteiger partial charge in [0.15, 0.2) is 11.5 Å². The molecule has 2 aromatic heterocycles. The van der Waals surface area contributed by atoms with E-state index in [1.54, 1.807) is 14.2 Å². The third-order valence-electron chi connectivity index (χ3n) is 5.69. The second-order valence-electron chi connectivity index (χ2n) is 7.56. The zero-order valence-electron chi connectivity index (χ0n) is 17.9. The van der Waals surface area contributed by atoms with Crippen molar-refractivity contribution in [3.63, 3.8) is 0 Å². The van der Waals surface area contributed by atoms with Crippen molar-refractivity contribution in [1.29, 1.82) is 0 Å². The highest BCUT2D eigenvalue weighted by Gasteiger charge is 2.29. The molecule has 0 radical (unpaired) electrons. The van der Waals surface area contributed by atoms with E-state index in [9.17, 15) is 4.79 Å². The first kappa shape index (κ1) is 20.0. The van der Waals surface area contributed by atoms with Gasteiger partial charge in [-0.25, -0.2) is 9.97 Å². The fourth-order valence-corrected chi connectivity index (χ4v) is 3.77. The Hall–Kier alpha value is -3.29. The lowest BCUT2D eigenvalue weighted by molar-refractivity contribution is -0.119. The quantitative estimate of drug-likeness (QED) is 0.672. The number of methoxy groups -OCH3 is 2. The first-order valence-corrected chi connectivity index (χ1v) is 9.91. The van der Waals surface area contributed by atoms with Crippen molar-refractivity contribution in [2.45, 2.75) is 26.4 Å². The van der Waals surface area contributed by atoms with Crippen molar-refractivity contribution in [2.75, 3.05) is 20.8 Å². The summed E-state index contributed by atoms with van der Waals surface area (Å²) in [4.78, 5) is 21.1. The van der Waals surface area contributed by atoms with Crippen LogP contribution in [0.15, 0.2) is 24.3 Å². The molecule has 0 aliphatic carbocycles. The van der Waals surface area contributed by atoms with Gasteiger partial charge in [0.2, 0.25) is 11.8 Å². The molecule has 1 saturated heterocycles. The summed E-state index contributed by atoms with van der Waals surface area (Å²) in [6.07, 6.45) is 0.292. The number of benzene rings is 1. The van der Waals surface area contributed by atoms with Gasteiger partial charge in [0.1, 0.15) is 17.4 Å². The van der Waals surface area contributed by atoms with Crippen molar-refractivity contribution in [3.05, 3.63) is 30.1 Å². The number of nitrogens with one attached hydrogen (secondary N) is 1. The van der Waals surface area contributed by atoms with Crippen LogP contribution < -0.4 is 19.5 Å². The average molecular weight is 410 g/mol. The normalized spacial score (nSPS) is 17.1. The average Bonchev–Trinajstić information content (AvgIpc) is 3.30. The van der Waals surface area contributed by atoms with E-state index in [0.717, 1.165) is 28.1 Å². The largest absolute Gasteiger partial charge is 0.493 e. The first-order chi connectivity index (χ1) is 14.4. The predicted octanol–water partition coefficient (Wildman–Crippen LogP) is 2.86. The molecule has 0 saturated carbocycles. The number of aryl methyl sites for hydroxylation is 2. The molecule has 1 aliphatic heterocycles. The number of amides is 1. The summed E-state index contributed by atoms with van der Waals surface area (Å²) in [6.45, 7) is 4.54. The van der Waals surface area contributed by atoms with E-state index in [1.165, 1.54) is 0 Å². The molecule has 158 valence electrons. The second-order valence-corrected chi connectivity index (χ2v) is 7.56. The maximum atomic E-state index is 11.6. The number of rotatable bonds is 6. The van der Waals surface area contributed by atoms with Crippen molar-refractivity contribution in [3.8, 4) is 28.6 Å². The molecule has 1 N–H and O–H groups in total. The van der Waals surface area contributed by atoms with E-state index in [2.05, 4.69) is 10.3 Å². The molecule has 30 heavy (non-hydrogen) atoms. The fourth-order valence-electron chi connectivity index (χ4n) is 3.77. The number of pyridine rings is 1. The Labute approximate surface area is 175 Å². The van der Waals surface area contributed by atoms with Gasteiger partial charge in [0.25, 0.3) is 0 Å². The second kappa shape index (κ2) is 7.85. The number of hydrogen-bond donors (Lipinski definition) is 1. The minimum Gasteiger partial charge on any atom is -0.493 e. The molecule has 0 bridgehead atoms. The summed E-state index contributed by atoms with van der Waals surface area (Å²) in [5.41, 5.74) is 3.23. The van der Waals surface area contributed by atoms with Crippen LogP contribution in [0.1, 0.15) is 19.2 Å². The molecule has 3 heterocycles. The number of carbonyl (C=O) groups is 1. The highest BCUT2D eigenvalue weighted by Crippen LogP contribution is 2.35.